The second-order valence-corrected chi connectivity index (χ2v) is 4.50. The van der Waals surface area contributed by atoms with E-state index in [0.29, 0.717) is 5.11 Å². The summed E-state index contributed by atoms with van der Waals surface area (Å²) in [7, 11) is 0. The third-order valence-corrected chi connectivity index (χ3v) is 3.51. The molecule has 3 rings (SSSR count). The fourth-order valence-electron chi connectivity index (χ4n) is 1.45. The second-order valence-electron chi connectivity index (χ2n) is 3.11. The monoisotopic (exact) mass is 233 g/mol. The Labute approximate surface area is 96.5 Å². The van der Waals surface area contributed by atoms with Crippen molar-refractivity contribution in [3.63, 3.8) is 0 Å². The molecule has 0 bridgehead atoms. The number of thiocarbonyl (C=S) groups is 1. The zero-order valence-electron chi connectivity index (χ0n) is 7.68. The average Bonchev–Trinajstić information content (AvgIpc) is 2.64. The van der Waals surface area contributed by atoms with Crippen LogP contribution < -0.4 is 5.32 Å². The zero-order valence-corrected chi connectivity index (χ0v) is 9.31. The summed E-state index contributed by atoms with van der Waals surface area (Å²) in [4.78, 5) is 5.41. The van der Waals surface area contributed by atoms with Crippen LogP contribution in [0.3, 0.4) is 0 Å². The van der Waals surface area contributed by atoms with Crippen molar-refractivity contribution < 1.29 is 0 Å². The Morgan fingerprint density at radius 2 is 2.20 bits per heavy atom. The molecule has 5 heteroatoms. The van der Waals surface area contributed by atoms with E-state index in [0.717, 1.165) is 15.7 Å². The van der Waals surface area contributed by atoms with Gasteiger partial charge in [-0.2, -0.15) is 0 Å². The molecule has 0 unspecified atom stereocenters. The molecule has 1 aromatic heterocycles. The van der Waals surface area contributed by atoms with E-state index in [9.17, 15) is 0 Å². The van der Waals surface area contributed by atoms with E-state index in [-0.39, 0.29) is 0 Å². The molecule has 0 fully saturated rings. The van der Waals surface area contributed by atoms with Crippen molar-refractivity contribution >= 4 is 34.8 Å². The number of hydrogen-bond donors (Lipinski definition) is 1. The van der Waals surface area contributed by atoms with Crippen molar-refractivity contribution in [1.29, 1.82) is 0 Å². The van der Waals surface area contributed by atoms with Crippen molar-refractivity contribution in [3.05, 3.63) is 36.7 Å². The van der Waals surface area contributed by atoms with Gasteiger partial charge in [0.25, 0.3) is 0 Å². The Balaban J connectivity index is 2.18. The summed E-state index contributed by atoms with van der Waals surface area (Å²) in [5, 5.41) is 4.77. The van der Waals surface area contributed by atoms with Gasteiger partial charge in [0.2, 0.25) is 0 Å². The standard InChI is InChI=1S/C10H7N3S2/c14-9-12-7-3-1-2-4-8(7)15-10-11-5-6-13(9)10/h1-6H,(H,12,14). The number of benzene rings is 1. The van der Waals surface area contributed by atoms with E-state index < -0.39 is 0 Å². The van der Waals surface area contributed by atoms with Gasteiger partial charge >= 0.3 is 0 Å². The molecule has 1 N–H and O–H groups in total. The van der Waals surface area contributed by atoms with Crippen LogP contribution in [0.4, 0.5) is 5.69 Å². The van der Waals surface area contributed by atoms with Gasteiger partial charge in [0.15, 0.2) is 10.3 Å². The van der Waals surface area contributed by atoms with Crippen LogP contribution in [0.1, 0.15) is 0 Å². The van der Waals surface area contributed by atoms with Gasteiger partial charge in [0.05, 0.1) is 5.69 Å². The number of imidazole rings is 1. The molecule has 0 aliphatic carbocycles. The molecule has 0 radical (unpaired) electrons. The van der Waals surface area contributed by atoms with E-state index in [1.165, 1.54) is 0 Å². The summed E-state index contributed by atoms with van der Waals surface area (Å²) < 4.78 is 1.88. The van der Waals surface area contributed by atoms with Gasteiger partial charge in [-0.3, -0.25) is 4.57 Å². The number of fused-ring (bicyclic) bond motifs is 2. The first-order valence-electron chi connectivity index (χ1n) is 4.46. The number of anilines is 1. The van der Waals surface area contributed by atoms with Crippen LogP contribution in [-0.2, 0) is 0 Å². The summed E-state index contributed by atoms with van der Waals surface area (Å²) in [6.45, 7) is 0. The zero-order chi connectivity index (χ0) is 10.3. The summed E-state index contributed by atoms with van der Waals surface area (Å²) in [6.07, 6.45) is 3.62. The summed E-state index contributed by atoms with van der Waals surface area (Å²) in [5.41, 5.74) is 1.04. The fraction of sp³-hybridized carbons (Fsp3) is 0. The Bertz CT molecular complexity index is 533. The Morgan fingerprint density at radius 1 is 1.33 bits per heavy atom. The number of nitrogens with one attached hydrogen (secondary N) is 1. The summed E-state index contributed by atoms with van der Waals surface area (Å²) in [5.74, 6) is 0. The van der Waals surface area contributed by atoms with Crippen molar-refractivity contribution in [2.45, 2.75) is 10.1 Å². The van der Waals surface area contributed by atoms with Crippen LogP contribution in [0.15, 0.2) is 46.7 Å². The normalized spacial score (nSPS) is 13.7. The molecule has 15 heavy (non-hydrogen) atoms. The minimum absolute atomic E-state index is 0.667. The maximum absolute atomic E-state index is 5.28. The lowest BCUT2D eigenvalue weighted by molar-refractivity contribution is 0.958. The van der Waals surface area contributed by atoms with Gasteiger partial charge in [-0.15, -0.1) is 0 Å². The number of hydrogen-bond acceptors (Lipinski definition) is 3. The molecular formula is C10H7N3S2. The highest BCUT2D eigenvalue weighted by Crippen LogP contribution is 2.34. The molecule has 2 aromatic rings. The van der Waals surface area contributed by atoms with Crippen LogP contribution in [0, 0.1) is 0 Å². The highest BCUT2D eigenvalue weighted by molar-refractivity contribution is 7.99. The van der Waals surface area contributed by atoms with E-state index in [1.807, 2.05) is 29.0 Å². The third-order valence-electron chi connectivity index (χ3n) is 2.16. The quantitative estimate of drug-likeness (QED) is 0.708. The Hall–Kier alpha value is -1.33. The third kappa shape index (κ3) is 1.44. The van der Waals surface area contributed by atoms with Crippen molar-refractivity contribution in [3.8, 4) is 0 Å². The van der Waals surface area contributed by atoms with Gasteiger partial charge in [0, 0.05) is 17.3 Å². The highest BCUT2D eigenvalue weighted by atomic mass is 32.2. The highest BCUT2D eigenvalue weighted by Gasteiger charge is 2.16. The van der Waals surface area contributed by atoms with E-state index >= 15 is 0 Å². The maximum Gasteiger partial charge on any atom is 0.183 e. The molecule has 0 spiro atoms. The van der Waals surface area contributed by atoms with E-state index in [4.69, 9.17) is 12.2 Å². The van der Waals surface area contributed by atoms with Gasteiger partial charge in [-0.25, -0.2) is 4.98 Å². The summed E-state index contributed by atoms with van der Waals surface area (Å²) in [6, 6.07) is 8.07. The molecule has 3 nitrogen and oxygen atoms in total. The van der Waals surface area contributed by atoms with Crippen LogP contribution in [0.25, 0.3) is 0 Å². The first-order valence-corrected chi connectivity index (χ1v) is 5.69. The fourth-order valence-corrected chi connectivity index (χ4v) is 2.70. The van der Waals surface area contributed by atoms with Gasteiger partial charge < -0.3 is 5.32 Å². The minimum atomic E-state index is 0.667. The molecule has 0 saturated carbocycles. The molecule has 0 saturated heterocycles. The topological polar surface area (TPSA) is 29.9 Å². The maximum atomic E-state index is 5.28. The van der Waals surface area contributed by atoms with Crippen molar-refractivity contribution in [2.75, 3.05) is 5.32 Å². The molecule has 1 aromatic carbocycles. The van der Waals surface area contributed by atoms with Crippen LogP contribution in [-0.4, -0.2) is 14.7 Å². The van der Waals surface area contributed by atoms with E-state index in [2.05, 4.69) is 16.4 Å². The lowest BCUT2D eigenvalue weighted by atomic mass is 10.3. The average molecular weight is 233 g/mol. The molecule has 1 aliphatic heterocycles. The number of para-hydroxylation sites is 1. The first-order chi connectivity index (χ1) is 7.34. The Kier molecular flexibility index (Phi) is 2.00. The second kappa shape index (κ2) is 3.36. The molecule has 2 heterocycles. The lowest BCUT2D eigenvalue weighted by Crippen LogP contribution is -2.17. The van der Waals surface area contributed by atoms with Gasteiger partial charge in [0.1, 0.15) is 0 Å². The van der Waals surface area contributed by atoms with Crippen molar-refractivity contribution in [2.24, 2.45) is 0 Å². The molecule has 0 atom stereocenters. The predicted molar refractivity (Wildman–Crippen MR) is 64.4 cm³/mol. The SMILES string of the molecule is S=C1Nc2ccccc2Sc2nccn21. The molecular weight excluding hydrogens is 226 g/mol. The molecule has 0 amide bonds. The predicted octanol–water partition coefficient (Wildman–Crippen LogP) is 2.59. The lowest BCUT2D eigenvalue weighted by Gasteiger charge is -2.06. The van der Waals surface area contributed by atoms with E-state index in [1.54, 1.807) is 18.0 Å². The minimum Gasteiger partial charge on any atom is -0.331 e. The number of aromatic nitrogens is 2. The molecule has 1 aliphatic rings. The largest absolute Gasteiger partial charge is 0.331 e. The van der Waals surface area contributed by atoms with Gasteiger partial charge in [-0.05, 0) is 36.1 Å². The number of nitrogens with zero attached hydrogens (tertiary/aromatic N) is 2. The van der Waals surface area contributed by atoms with Gasteiger partial charge in [-0.1, -0.05) is 12.1 Å². The summed E-state index contributed by atoms with van der Waals surface area (Å²) >= 11 is 6.89. The molecule has 74 valence electrons. The smallest absolute Gasteiger partial charge is 0.183 e. The first kappa shape index (κ1) is 8.94. The Morgan fingerprint density at radius 3 is 3.13 bits per heavy atom. The van der Waals surface area contributed by atoms with Crippen LogP contribution >= 0.6 is 24.0 Å². The van der Waals surface area contributed by atoms with Crippen molar-refractivity contribution in [1.82, 2.24) is 9.55 Å². The van der Waals surface area contributed by atoms with Crippen LogP contribution in [0.5, 0.6) is 0 Å². The number of rotatable bonds is 0. The van der Waals surface area contributed by atoms with Crippen LogP contribution in [0.2, 0.25) is 0 Å².